The Balaban J connectivity index is 1.09. The molecular formula is C49H33N3O. The number of nitrogens with one attached hydrogen (secondary N) is 1. The SMILES string of the molecule is c1ccc(C2=NC(c3cc(-c4ccc5ccccc5c4)cc4oc5ccccc5c34)N=C(c3ccc(-c4ccc(-c5ccccc5)cc4)cc3)N2)cc1. The molecule has 1 N–H and O–H groups in total. The van der Waals surface area contributed by atoms with E-state index in [2.05, 4.69) is 157 Å². The minimum atomic E-state index is -0.518. The minimum absolute atomic E-state index is 0.518. The molecule has 53 heavy (non-hydrogen) atoms. The van der Waals surface area contributed by atoms with Crippen molar-refractivity contribution in [2.45, 2.75) is 6.17 Å². The van der Waals surface area contributed by atoms with Crippen molar-refractivity contribution in [3.8, 4) is 33.4 Å². The highest BCUT2D eigenvalue weighted by atomic mass is 16.3. The van der Waals surface area contributed by atoms with Crippen LogP contribution in [0.2, 0.25) is 0 Å². The van der Waals surface area contributed by atoms with Gasteiger partial charge in [0.15, 0.2) is 6.17 Å². The average Bonchev–Trinajstić information content (AvgIpc) is 3.62. The Morgan fingerprint density at radius 2 is 0.887 bits per heavy atom. The van der Waals surface area contributed by atoms with Crippen LogP contribution in [0.5, 0.6) is 0 Å². The molecule has 8 aromatic carbocycles. The highest BCUT2D eigenvalue weighted by Crippen LogP contribution is 2.40. The zero-order chi connectivity index (χ0) is 35.1. The van der Waals surface area contributed by atoms with Crippen molar-refractivity contribution in [1.82, 2.24) is 5.32 Å². The summed E-state index contributed by atoms with van der Waals surface area (Å²) in [5, 5.41) is 8.08. The van der Waals surface area contributed by atoms with Crippen molar-refractivity contribution in [2.24, 2.45) is 9.98 Å². The Morgan fingerprint density at radius 1 is 0.377 bits per heavy atom. The molecule has 0 aliphatic carbocycles. The van der Waals surface area contributed by atoms with Crippen LogP contribution in [0.1, 0.15) is 22.9 Å². The third-order valence-electron chi connectivity index (χ3n) is 10.1. The molecule has 10 rings (SSSR count). The summed E-state index contributed by atoms with van der Waals surface area (Å²) in [6.07, 6.45) is -0.518. The Labute approximate surface area is 307 Å². The summed E-state index contributed by atoms with van der Waals surface area (Å²) in [6, 6.07) is 65.8. The molecule has 0 amide bonds. The maximum Gasteiger partial charge on any atom is 0.170 e. The Morgan fingerprint density at radius 3 is 1.57 bits per heavy atom. The molecule has 0 bridgehead atoms. The largest absolute Gasteiger partial charge is 0.456 e. The van der Waals surface area contributed by atoms with Crippen LogP contribution in [-0.4, -0.2) is 11.7 Å². The van der Waals surface area contributed by atoms with Crippen molar-refractivity contribution in [2.75, 3.05) is 0 Å². The van der Waals surface area contributed by atoms with E-state index in [1.54, 1.807) is 0 Å². The minimum Gasteiger partial charge on any atom is -0.456 e. The molecule has 0 saturated heterocycles. The zero-order valence-corrected chi connectivity index (χ0v) is 28.8. The Bertz CT molecular complexity index is 2830. The van der Waals surface area contributed by atoms with Crippen molar-refractivity contribution in [1.29, 1.82) is 0 Å². The number of benzene rings is 8. The molecule has 4 nitrogen and oxygen atoms in total. The zero-order valence-electron chi connectivity index (χ0n) is 28.8. The molecule has 2 heterocycles. The first-order valence-corrected chi connectivity index (χ1v) is 17.9. The van der Waals surface area contributed by atoms with E-state index in [0.717, 1.165) is 67.0 Å². The second kappa shape index (κ2) is 12.9. The molecule has 0 saturated carbocycles. The third kappa shape index (κ3) is 5.77. The van der Waals surface area contributed by atoms with Gasteiger partial charge < -0.3 is 9.73 Å². The van der Waals surface area contributed by atoms with Gasteiger partial charge in [0.25, 0.3) is 0 Å². The van der Waals surface area contributed by atoms with Crippen LogP contribution in [-0.2, 0) is 0 Å². The molecule has 250 valence electrons. The van der Waals surface area contributed by atoms with Crippen LogP contribution >= 0.6 is 0 Å². The van der Waals surface area contributed by atoms with E-state index < -0.39 is 6.17 Å². The highest BCUT2D eigenvalue weighted by molar-refractivity contribution is 6.16. The van der Waals surface area contributed by atoms with Gasteiger partial charge in [-0.25, -0.2) is 9.98 Å². The van der Waals surface area contributed by atoms with Gasteiger partial charge >= 0.3 is 0 Å². The summed E-state index contributed by atoms with van der Waals surface area (Å²) < 4.78 is 6.53. The maximum absolute atomic E-state index is 6.53. The van der Waals surface area contributed by atoms with Crippen LogP contribution < -0.4 is 5.32 Å². The predicted octanol–water partition coefficient (Wildman–Crippen LogP) is 12.2. The average molecular weight is 680 g/mol. The van der Waals surface area contributed by atoms with E-state index in [1.165, 1.54) is 27.5 Å². The van der Waals surface area contributed by atoms with E-state index in [-0.39, 0.29) is 0 Å². The van der Waals surface area contributed by atoms with Crippen molar-refractivity contribution < 1.29 is 4.42 Å². The van der Waals surface area contributed by atoms with E-state index in [0.29, 0.717) is 0 Å². The van der Waals surface area contributed by atoms with Crippen LogP contribution in [0.4, 0.5) is 0 Å². The van der Waals surface area contributed by atoms with Crippen LogP contribution in [0, 0.1) is 0 Å². The van der Waals surface area contributed by atoms with Crippen molar-refractivity contribution in [3.63, 3.8) is 0 Å². The molecule has 1 aliphatic heterocycles. The highest BCUT2D eigenvalue weighted by Gasteiger charge is 2.25. The lowest BCUT2D eigenvalue weighted by Gasteiger charge is -2.23. The number of nitrogens with zero attached hydrogens (tertiary/aromatic N) is 2. The van der Waals surface area contributed by atoms with Crippen molar-refractivity contribution in [3.05, 3.63) is 205 Å². The van der Waals surface area contributed by atoms with E-state index in [1.807, 2.05) is 36.4 Å². The first-order valence-electron chi connectivity index (χ1n) is 17.9. The molecular weight excluding hydrogens is 647 g/mol. The summed E-state index contributed by atoms with van der Waals surface area (Å²) >= 11 is 0. The number of hydrogen-bond donors (Lipinski definition) is 1. The summed E-state index contributed by atoms with van der Waals surface area (Å²) in [5.41, 5.74) is 11.6. The maximum atomic E-state index is 6.53. The standard InChI is InChI=1S/C49H33N3O/c1-3-11-32(12-4-1)34-19-21-35(22-20-34)36-23-26-38(27-24-36)48-50-47(37-14-5-2-6-15-37)51-49(52-48)43-30-41(40-28-25-33-13-7-8-16-39(33)29-40)31-45-46(43)42-17-9-10-18-44(42)53-45/h1-31,49H,(H,50,51,52). The Kier molecular flexibility index (Phi) is 7.51. The van der Waals surface area contributed by atoms with Crippen LogP contribution in [0.15, 0.2) is 202 Å². The van der Waals surface area contributed by atoms with Gasteiger partial charge in [0.05, 0.1) is 0 Å². The lowest BCUT2D eigenvalue weighted by molar-refractivity contribution is 0.668. The molecule has 1 aliphatic rings. The number of furan rings is 1. The summed E-state index contributed by atoms with van der Waals surface area (Å²) in [4.78, 5) is 10.6. The monoisotopic (exact) mass is 679 g/mol. The van der Waals surface area contributed by atoms with E-state index in [9.17, 15) is 0 Å². The number of aliphatic imine (C=N–C) groups is 2. The van der Waals surface area contributed by atoms with Crippen LogP contribution in [0.25, 0.3) is 66.1 Å². The van der Waals surface area contributed by atoms with E-state index >= 15 is 0 Å². The Hall–Kier alpha value is -7.04. The smallest absolute Gasteiger partial charge is 0.170 e. The predicted molar refractivity (Wildman–Crippen MR) is 219 cm³/mol. The van der Waals surface area contributed by atoms with Crippen LogP contribution in [0.3, 0.4) is 0 Å². The lowest BCUT2D eigenvalue weighted by Crippen LogP contribution is -2.36. The normalized spacial score (nSPS) is 14.2. The molecule has 1 aromatic heterocycles. The number of para-hydroxylation sites is 1. The van der Waals surface area contributed by atoms with Gasteiger partial charge in [-0.1, -0.05) is 164 Å². The molecule has 4 heteroatoms. The van der Waals surface area contributed by atoms with E-state index in [4.69, 9.17) is 14.4 Å². The van der Waals surface area contributed by atoms with Crippen molar-refractivity contribution >= 4 is 44.4 Å². The second-order valence-corrected chi connectivity index (χ2v) is 13.4. The third-order valence-corrected chi connectivity index (χ3v) is 10.1. The lowest BCUT2D eigenvalue weighted by atomic mass is 9.95. The van der Waals surface area contributed by atoms with Gasteiger partial charge in [-0.05, 0) is 68.4 Å². The molecule has 0 spiro atoms. The molecule has 1 atom stereocenters. The molecule has 1 unspecified atom stereocenters. The molecule has 0 radical (unpaired) electrons. The van der Waals surface area contributed by atoms with Gasteiger partial charge in [0.2, 0.25) is 0 Å². The number of amidine groups is 2. The first kappa shape index (κ1) is 30.8. The fourth-order valence-corrected chi connectivity index (χ4v) is 7.41. The van der Waals surface area contributed by atoms with Gasteiger partial charge in [-0.15, -0.1) is 0 Å². The fourth-order valence-electron chi connectivity index (χ4n) is 7.41. The second-order valence-electron chi connectivity index (χ2n) is 13.4. The number of fused-ring (bicyclic) bond motifs is 4. The van der Waals surface area contributed by atoms with Gasteiger partial charge in [-0.3, -0.25) is 0 Å². The number of hydrogen-bond acceptors (Lipinski definition) is 4. The van der Waals surface area contributed by atoms with Gasteiger partial charge in [0, 0.05) is 27.5 Å². The quantitative estimate of drug-likeness (QED) is 0.190. The topological polar surface area (TPSA) is 49.9 Å². The summed E-state index contributed by atoms with van der Waals surface area (Å²) in [5.74, 6) is 1.55. The summed E-state index contributed by atoms with van der Waals surface area (Å²) in [7, 11) is 0. The van der Waals surface area contributed by atoms with Gasteiger partial charge in [0.1, 0.15) is 22.8 Å². The molecule has 9 aromatic rings. The summed E-state index contributed by atoms with van der Waals surface area (Å²) in [6.45, 7) is 0. The van der Waals surface area contributed by atoms with Gasteiger partial charge in [-0.2, -0.15) is 0 Å². The number of rotatable bonds is 6. The molecule has 0 fully saturated rings. The fraction of sp³-hybridized carbons (Fsp3) is 0.0204. The first-order chi connectivity index (χ1) is 26.2.